The van der Waals surface area contributed by atoms with Crippen molar-refractivity contribution in [1.82, 2.24) is 5.43 Å². The van der Waals surface area contributed by atoms with Crippen molar-refractivity contribution < 1.29 is 13.2 Å². The van der Waals surface area contributed by atoms with Gasteiger partial charge >= 0.3 is 6.18 Å². The molecule has 0 aliphatic rings. The molecule has 1 unspecified atom stereocenters. The number of rotatable bonds is 3. The van der Waals surface area contributed by atoms with Gasteiger partial charge in [-0.2, -0.15) is 13.2 Å². The van der Waals surface area contributed by atoms with Crippen molar-refractivity contribution in [3.05, 3.63) is 69.2 Å². The first-order valence-electron chi connectivity index (χ1n) is 6.22. The zero-order valence-electron chi connectivity index (χ0n) is 11.2. The predicted octanol–water partition coefficient (Wildman–Crippen LogP) is 4.33. The van der Waals surface area contributed by atoms with Gasteiger partial charge in [0.15, 0.2) is 0 Å². The summed E-state index contributed by atoms with van der Waals surface area (Å²) in [5.74, 6) is 5.54. The molecule has 2 aromatic rings. The topological polar surface area (TPSA) is 38.0 Å². The van der Waals surface area contributed by atoms with Crippen LogP contribution in [0.4, 0.5) is 13.2 Å². The van der Waals surface area contributed by atoms with Gasteiger partial charge in [-0.25, -0.2) is 5.43 Å². The van der Waals surface area contributed by atoms with Gasteiger partial charge in [0, 0.05) is 4.47 Å². The lowest BCUT2D eigenvalue weighted by Crippen LogP contribution is -2.29. The summed E-state index contributed by atoms with van der Waals surface area (Å²) in [6.07, 6.45) is -4.37. The standard InChI is InChI=1S/C15H14BrF3N2/c1-9-7-11(5-6-13(9)16)14(21-20)10-3-2-4-12(8-10)15(17,18)19/h2-8,14,21H,20H2,1H3. The molecule has 2 nitrogen and oxygen atoms in total. The summed E-state index contributed by atoms with van der Waals surface area (Å²) in [4.78, 5) is 0. The largest absolute Gasteiger partial charge is 0.416 e. The van der Waals surface area contributed by atoms with Crippen molar-refractivity contribution >= 4 is 15.9 Å². The molecular formula is C15H14BrF3N2. The van der Waals surface area contributed by atoms with E-state index in [9.17, 15) is 13.2 Å². The zero-order valence-corrected chi connectivity index (χ0v) is 12.8. The first-order valence-corrected chi connectivity index (χ1v) is 7.01. The molecule has 0 saturated heterocycles. The van der Waals surface area contributed by atoms with Crippen LogP contribution >= 0.6 is 15.9 Å². The number of halogens is 4. The van der Waals surface area contributed by atoms with E-state index in [4.69, 9.17) is 5.84 Å². The molecule has 0 radical (unpaired) electrons. The van der Waals surface area contributed by atoms with Crippen LogP contribution in [0.3, 0.4) is 0 Å². The quantitative estimate of drug-likeness (QED) is 0.633. The first kappa shape index (κ1) is 16.0. The second-order valence-corrected chi connectivity index (χ2v) is 5.59. The van der Waals surface area contributed by atoms with Gasteiger partial charge in [-0.15, -0.1) is 0 Å². The zero-order chi connectivity index (χ0) is 15.6. The summed E-state index contributed by atoms with van der Waals surface area (Å²) in [6.45, 7) is 1.91. The Bertz CT molecular complexity index is 641. The monoisotopic (exact) mass is 358 g/mol. The van der Waals surface area contributed by atoms with Crippen molar-refractivity contribution in [2.24, 2.45) is 5.84 Å². The highest BCUT2D eigenvalue weighted by Gasteiger charge is 2.31. The van der Waals surface area contributed by atoms with Gasteiger partial charge < -0.3 is 0 Å². The van der Waals surface area contributed by atoms with Crippen molar-refractivity contribution in [2.45, 2.75) is 19.1 Å². The third-order valence-electron chi connectivity index (χ3n) is 3.23. The Balaban J connectivity index is 2.44. The minimum absolute atomic E-state index is 0.467. The number of nitrogens with one attached hydrogen (secondary N) is 1. The van der Waals surface area contributed by atoms with Crippen molar-refractivity contribution in [1.29, 1.82) is 0 Å². The van der Waals surface area contributed by atoms with Crippen molar-refractivity contribution in [2.75, 3.05) is 0 Å². The maximum atomic E-state index is 12.8. The van der Waals surface area contributed by atoms with Gasteiger partial charge in [-0.3, -0.25) is 5.84 Å². The Morgan fingerprint density at radius 3 is 2.33 bits per heavy atom. The van der Waals surface area contributed by atoms with Crippen LogP contribution in [0.15, 0.2) is 46.9 Å². The number of hydrazine groups is 1. The van der Waals surface area contributed by atoms with Crippen molar-refractivity contribution in [3.8, 4) is 0 Å². The Morgan fingerprint density at radius 1 is 1.10 bits per heavy atom. The second kappa shape index (κ2) is 6.17. The van der Waals surface area contributed by atoms with E-state index in [1.807, 2.05) is 25.1 Å². The maximum Gasteiger partial charge on any atom is 0.416 e. The third kappa shape index (κ3) is 3.64. The molecule has 0 fully saturated rings. The lowest BCUT2D eigenvalue weighted by molar-refractivity contribution is -0.137. The molecule has 0 saturated carbocycles. The average Bonchev–Trinajstić information content (AvgIpc) is 2.43. The first-order chi connectivity index (χ1) is 9.82. The summed E-state index contributed by atoms with van der Waals surface area (Å²) in [5.41, 5.74) is 4.15. The lowest BCUT2D eigenvalue weighted by atomic mass is 9.96. The van der Waals surface area contributed by atoms with Crippen LogP contribution in [0.5, 0.6) is 0 Å². The molecule has 0 heterocycles. The highest BCUT2D eigenvalue weighted by Crippen LogP contribution is 2.32. The van der Waals surface area contributed by atoms with Crippen LogP contribution in [-0.4, -0.2) is 0 Å². The molecule has 0 aliphatic heterocycles. The van der Waals surface area contributed by atoms with Gasteiger partial charge in [0.25, 0.3) is 0 Å². The minimum atomic E-state index is -4.37. The van der Waals surface area contributed by atoms with E-state index in [0.29, 0.717) is 5.56 Å². The van der Waals surface area contributed by atoms with E-state index in [1.165, 1.54) is 6.07 Å². The molecule has 3 N–H and O–H groups in total. The Hall–Kier alpha value is -1.37. The number of hydrogen-bond donors (Lipinski definition) is 2. The van der Waals surface area contributed by atoms with Gasteiger partial charge in [0.05, 0.1) is 11.6 Å². The number of aryl methyl sites for hydroxylation is 1. The van der Waals surface area contributed by atoms with Gasteiger partial charge in [-0.1, -0.05) is 40.2 Å². The number of hydrogen-bond acceptors (Lipinski definition) is 2. The van der Waals surface area contributed by atoms with Crippen LogP contribution < -0.4 is 11.3 Å². The molecule has 0 bridgehead atoms. The maximum absolute atomic E-state index is 12.8. The van der Waals surface area contributed by atoms with Crippen LogP contribution in [0.25, 0.3) is 0 Å². The van der Waals surface area contributed by atoms with Gasteiger partial charge in [0.2, 0.25) is 0 Å². The molecule has 0 aromatic heterocycles. The summed E-state index contributed by atoms with van der Waals surface area (Å²) in [7, 11) is 0. The molecule has 21 heavy (non-hydrogen) atoms. The number of nitrogens with two attached hydrogens (primary N) is 1. The smallest absolute Gasteiger partial charge is 0.271 e. The molecule has 112 valence electrons. The summed E-state index contributed by atoms with van der Waals surface area (Å²) in [6, 6.07) is 10.2. The molecule has 6 heteroatoms. The van der Waals surface area contributed by atoms with E-state index in [1.54, 1.807) is 6.07 Å². The highest BCUT2D eigenvalue weighted by molar-refractivity contribution is 9.10. The Morgan fingerprint density at radius 2 is 1.76 bits per heavy atom. The predicted molar refractivity (Wildman–Crippen MR) is 79.5 cm³/mol. The lowest BCUT2D eigenvalue weighted by Gasteiger charge is -2.19. The Labute approximate surface area is 129 Å². The number of benzene rings is 2. The van der Waals surface area contributed by atoms with E-state index in [0.717, 1.165) is 27.7 Å². The normalized spacial score (nSPS) is 13.2. The molecule has 1 atom stereocenters. The molecule has 0 spiro atoms. The molecule has 0 aliphatic carbocycles. The fraction of sp³-hybridized carbons (Fsp3) is 0.200. The van der Waals surface area contributed by atoms with E-state index >= 15 is 0 Å². The SMILES string of the molecule is Cc1cc(C(NN)c2cccc(C(F)(F)F)c2)ccc1Br. The summed E-state index contributed by atoms with van der Waals surface area (Å²) < 4.78 is 39.3. The van der Waals surface area contributed by atoms with E-state index < -0.39 is 17.8 Å². The second-order valence-electron chi connectivity index (χ2n) is 4.73. The average molecular weight is 359 g/mol. The highest BCUT2D eigenvalue weighted by atomic mass is 79.9. The number of alkyl halides is 3. The van der Waals surface area contributed by atoms with Crippen LogP contribution in [0.1, 0.15) is 28.3 Å². The molecule has 2 rings (SSSR count). The molecule has 0 amide bonds. The fourth-order valence-corrected chi connectivity index (χ4v) is 2.37. The van der Waals surface area contributed by atoms with E-state index in [2.05, 4.69) is 21.4 Å². The van der Waals surface area contributed by atoms with Gasteiger partial charge in [-0.05, 0) is 41.8 Å². The van der Waals surface area contributed by atoms with E-state index in [-0.39, 0.29) is 0 Å². The summed E-state index contributed by atoms with van der Waals surface area (Å²) >= 11 is 3.39. The summed E-state index contributed by atoms with van der Waals surface area (Å²) in [5, 5.41) is 0. The third-order valence-corrected chi connectivity index (χ3v) is 4.12. The van der Waals surface area contributed by atoms with Crippen LogP contribution in [0, 0.1) is 6.92 Å². The molecule has 2 aromatic carbocycles. The minimum Gasteiger partial charge on any atom is -0.271 e. The van der Waals surface area contributed by atoms with Gasteiger partial charge in [0.1, 0.15) is 0 Å². The van der Waals surface area contributed by atoms with Crippen molar-refractivity contribution in [3.63, 3.8) is 0 Å². The fourth-order valence-electron chi connectivity index (χ4n) is 2.13. The van der Waals surface area contributed by atoms with Crippen LogP contribution in [0.2, 0.25) is 0 Å². The molecular weight excluding hydrogens is 345 g/mol. The van der Waals surface area contributed by atoms with Crippen LogP contribution in [-0.2, 0) is 6.18 Å². The Kier molecular flexibility index (Phi) is 4.70.